The summed E-state index contributed by atoms with van der Waals surface area (Å²) in [4.78, 5) is 11.1. The zero-order chi connectivity index (χ0) is 34.6. The number of fused-ring (bicyclic) bond motifs is 13. The Labute approximate surface area is 307 Å². The standard InChI is InChI=1S/C48H28N4S/c1-2-16-31(17-3-1)51-38-23-10-8-20-34(38)36-26-28-40-43(46(36)51)42-33-19-7-5-14-30(33)25-27-39(42)52(40)48-49-44(35-22-12-15-29-13-4-6-18-32(29)35)47-45(50-48)37-21-9-11-24-41(37)53-47/h1-28H. The first-order valence-electron chi connectivity index (χ1n) is 17.9. The molecule has 4 aromatic heterocycles. The van der Waals surface area contributed by atoms with Crippen LogP contribution >= 0.6 is 11.3 Å². The third-order valence-electron chi connectivity index (χ3n) is 10.9. The summed E-state index contributed by atoms with van der Waals surface area (Å²) in [5.41, 5.74) is 8.71. The highest BCUT2D eigenvalue weighted by atomic mass is 32.1. The predicted octanol–water partition coefficient (Wildman–Crippen LogP) is 13.0. The summed E-state index contributed by atoms with van der Waals surface area (Å²) in [5.74, 6) is 0.668. The number of para-hydroxylation sites is 2. The molecule has 4 nitrogen and oxygen atoms in total. The minimum Gasteiger partial charge on any atom is -0.309 e. The fourth-order valence-corrected chi connectivity index (χ4v) is 9.82. The van der Waals surface area contributed by atoms with E-state index in [0.717, 1.165) is 43.6 Å². The molecule has 0 aliphatic carbocycles. The summed E-state index contributed by atoms with van der Waals surface area (Å²) in [6.07, 6.45) is 0. The quantitative estimate of drug-likeness (QED) is 0.185. The summed E-state index contributed by atoms with van der Waals surface area (Å²) in [6, 6.07) is 61.1. The fourth-order valence-electron chi connectivity index (χ4n) is 8.67. The molecule has 0 radical (unpaired) electrons. The van der Waals surface area contributed by atoms with Gasteiger partial charge in [-0.2, -0.15) is 0 Å². The van der Waals surface area contributed by atoms with Crippen LogP contribution in [0.25, 0.3) is 108 Å². The lowest BCUT2D eigenvalue weighted by molar-refractivity contribution is 1.02. The van der Waals surface area contributed by atoms with E-state index < -0.39 is 0 Å². The Bertz CT molecular complexity index is 3450. The Kier molecular flexibility index (Phi) is 5.90. The van der Waals surface area contributed by atoms with Crippen molar-refractivity contribution in [3.8, 4) is 22.9 Å². The summed E-state index contributed by atoms with van der Waals surface area (Å²) >= 11 is 1.77. The summed E-state index contributed by atoms with van der Waals surface area (Å²) in [6.45, 7) is 0. The van der Waals surface area contributed by atoms with E-state index in [2.05, 4.69) is 179 Å². The van der Waals surface area contributed by atoms with Gasteiger partial charge >= 0.3 is 0 Å². The van der Waals surface area contributed by atoms with Crippen LogP contribution in [0.3, 0.4) is 0 Å². The first-order valence-corrected chi connectivity index (χ1v) is 18.7. The van der Waals surface area contributed by atoms with E-state index in [1.54, 1.807) is 11.3 Å². The van der Waals surface area contributed by atoms with Crippen molar-refractivity contribution in [3.63, 3.8) is 0 Å². The van der Waals surface area contributed by atoms with Crippen molar-refractivity contribution in [1.82, 2.24) is 19.1 Å². The number of hydrogen-bond acceptors (Lipinski definition) is 3. The third kappa shape index (κ3) is 4.00. The Morgan fingerprint density at radius 2 is 1.08 bits per heavy atom. The molecule has 0 aliphatic heterocycles. The number of thiophene rings is 1. The van der Waals surface area contributed by atoms with Crippen molar-refractivity contribution < 1.29 is 0 Å². The molecule has 246 valence electrons. The normalized spacial score (nSPS) is 12.2. The van der Waals surface area contributed by atoms with Crippen LogP contribution in [0.2, 0.25) is 0 Å². The van der Waals surface area contributed by atoms with Gasteiger partial charge in [-0.25, -0.2) is 9.97 Å². The highest BCUT2D eigenvalue weighted by Crippen LogP contribution is 2.45. The largest absolute Gasteiger partial charge is 0.309 e. The first kappa shape index (κ1) is 28.8. The molecule has 12 rings (SSSR count). The Hall–Kier alpha value is -6.82. The van der Waals surface area contributed by atoms with E-state index in [4.69, 9.17) is 9.97 Å². The molecule has 0 amide bonds. The molecule has 0 bridgehead atoms. The highest BCUT2D eigenvalue weighted by molar-refractivity contribution is 7.26. The second-order valence-electron chi connectivity index (χ2n) is 13.7. The van der Waals surface area contributed by atoms with Crippen LogP contribution in [-0.4, -0.2) is 19.1 Å². The van der Waals surface area contributed by atoms with Gasteiger partial charge < -0.3 is 4.57 Å². The van der Waals surface area contributed by atoms with Crippen LogP contribution in [0.1, 0.15) is 0 Å². The highest BCUT2D eigenvalue weighted by Gasteiger charge is 2.25. The smallest absolute Gasteiger partial charge is 0.235 e. The Morgan fingerprint density at radius 1 is 0.415 bits per heavy atom. The van der Waals surface area contributed by atoms with Crippen LogP contribution in [0, 0.1) is 0 Å². The number of hydrogen-bond donors (Lipinski definition) is 0. The molecule has 0 N–H and O–H groups in total. The van der Waals surface area contributed by atoms with E-state index >= 15 is 0 Å². The Balaban J connectivity index is 1.30. The third-order valence-corrected chi connectivity index (χ3v) is 12.1. The molecule has 0 saturated carbocycles. The first-order chi connectivity index (χ1) is 26.3. The van der Waals surface area contributed by atoms with Crippen molar-refractivity contribution in [2.75, 3.05) is 0 Å². The zero-order valence-corrected chi connectivity index (χ0v) is 29.2. The summed E-state index contributed by atoms with van der Waals surface area (Å²) in [5, 5.41) is 10.8. The monoisotopic (exact) mass is 692 g/mol. The van der Waals surface area contributed by atoms with Gasteiger partial charge in [-0.1, -0.05) is 133 Å². The van der Waals surface area contributed by atoms with Gasteiger partial charge in [-0.05, 0) is 57.9 Å². The van der Waals surface area contributed by atoms with E-state index in [1.807, 2.05) is 0 Å². The van der Waals surface area contributed by atoms with Crippen molar-refractivity contribution in [2.45, 2.75) is 0 Å². The topological polar surface area (TPSA) is 35.6 Å². The second kappa shape index (κ2) is 10.8. The minimum atomic E-state index is 0.668. The lowest BCUT2D eigenvalue weighted by atomic mass is 10.0. The van der Waals surface area contributed by atoms with Crippen molar-refractivity contribution >= 4 is 96.8 Å². The maximum absolute atomic E-state index is 5.60. The lowest BCUT2D eigenvalue weighted by Gasteiger charge is -2.12. The average Bonchev–Trinajstić information content (AvgIpc) is 3.88. The zero-order valence-electron chi connectivity index (χ0n) is 28.4. The molecule has 0 atom stereocenters. The molecular formula is C48H28N4S. The second-order valence-corrected chi connectivity index (χ2v) is 14.8. The molecule has 12 aromatic rings. The molecule has 0 saturated heterocycles. The van der Waals surface area contributed by atoms with Crippen LogP contribution in [0.4, 0.5) is 0 Å². The molecule has 0 unspecified atom stereocenters. The van der Waals surface area contributed by atoms with Crippen LogP contribution in [0.5, 0.6) is 0 Å². The van der Waals surface area contributed by atoms with Crippen LogP contribution < -0.4 is 0 Å². The van der Waals surface area contributed by atoms with Gasteiger partial charge in [0.05, 0.1) is 38.0 Å². The van der Waals surface area contributed by atoms with Gasteiger partial charge in [0, 0.05) is 42.9 Å². The van der Waals surface area contributed by atoms with Crippen molar-refractivity contribution in [1.29, 1.82) is 0 Å². The van der Waals surface area contributed by atoms with Gasteiger partial charge in [0.1, 0.15) is 0 Å². The van der Waals surface area contributed by atoms with Gasteiger partial charge in [0.25, 0.3) is 0 Å². The Morgan fingerprint density at radius 3 is 1.94 bits per heavy atom. The molecular weight excluding hydrogens is 665 g/mol. The molecule has 8 aromatic carbocycles. The molecule has 0 spiro atoms. The molecule has 4 heterocycles. The number of aromatic nitrogens is 4. The maximum Gasteiger partial charge on any atom is 0.235 e. The van der Waals surface area contributed by atoms with E-state index in [1.165, 1.54) is 58.8 Å². The van der Waals surface area contributed by atoms with Gasteiger partial charge in [0.15, 0.2) is 0 Å². The van der Waals surface area contributed by atoms with Gasteiger partial charge in [-0.3, -0.25) is 4.57 Å². The molecule has 53 heavy (non-hydrogen) atoms. The van der Waals surface area contributed by atoms with E-state index in [9.17, 15) is 0 Å². The number of rotatable bonds is 3. The molecule has 5 heteroatoms. The fraction of sp³-hybridized carbons (Fsp3) is 0. The summed E-state index contributed by atoms with van der Waals surface area (Å²) in [7, 11) is 0. The van der Waals surface area contributed by atoms with E-state index in [-0.39, 0.29) is 0 Å². The minimum absolute atomic E-state index is 0.668. The van der Waals surface area contributed by atoms with Crippen molar-refractivity contribution in [3.05, 3.63) is 170 Å². The predicted molar refractivity (Wildman–Crippen MR) is 224 cm³/mol. The maximum atomic E-state index is 5.60. The van der Waals surface area contributed by atoms with Crippen molar-refractivity contribution in [2.24, 2.45) is 0 Å². The van der Waals surface area contributed by atoms with Gasteiger partial charge in [-0.15, -0.1) is 11.3 Å². The average molecular weight is 693 g/mol. The molecule has 0 fully saturated rings. The van der Waals surface area contributed by atoms with E-state index in [0.29, 0.717) is 5.95 Å². The number of benzene rings is 8. The SMILES string of the molecule is c1ccc(-n2c3ccccc3c3ccc4c(c5c6ccccc6ccc5n4-c4nc(-c5cccc6ccccc56)c5sc6ccccc6c5n4)c32)cc1. The van der Waals surface area contributed by atoms with Crippen LogP contribution in [0.15, 0.2) is 170 Å². The molecule has 0 aliphatic rings. The van der Waals surface area contributed by atoms with Gasteiger partial charge in [0.2, 0.25) is 5.95 Å². The lowest BCUT2D eigenvalue weighted by Crippen LogP contribution is -2.03. The number of nitrogens with zero attached hydrogens (tertiary/aromatic N) is 4. The summed E-state index contributed by atoms with van der Waals surface area (Å²) < 4.78 is 7.06. The van der Waals surface area contributed by atoms with Crippen LogP contribution in [-0.2, 0) is 0 Å².